The van der Waals surface area contributed by atoms with Gasteiger partial charge in [0, 0.05) is 5.39 Å². The average molecular weight is 378 g/mol. The van der Waals surface area contributed by atoms with Crippen molar-refractivity contribution >= 4 is 22.4 Å². The lowest BCUT2D eigenvalue weighted by Crippen LogP contribution is -2.30. The maximum absolute atomic E-state index is 12.8. The van der Waals surface area contributed by atoms with Gasteiger partial charge in [0.2, 0.25) is 0 Å². The van der Waals surface area contributed by atoms with Crippen molar-refractivity contribution in [2.45, 2.75) is 26.8 Å². The molecule has 1 aromatic heterocycles. The van der Waals surface area contributed by atoms with Gasteiger partial charge in [-0.15, -0.1) is 0 Å². The van der Waals surface area contributed by atoms with E-state index in [2.05, 4.69) is 15.6 Å². The van der Waals surface area contributed by atoms with Gasteiger partial charge in [0.15, 0.2) is 5.69 Å². The molecule has 0 unspecified atom stereocenters. The number of amides is 1. The molecule has 3 aromatic rings. The molecule has 3 rings (SSSR count). The number of ether oxygens (including phenoxy) is 1. The van der Waals surface area contributed by atoms with E-state index in [0.29, 0.717) is 16.5 Å². The Morgan fingerprint density at radius 3 is 2.36 bits per heavy atom. The molecule has 7 heteroatoms. The molecular weight excluding hydrogens is 356 g/mol. The van der Waals surface area contributed by atoms with E-state index in [4.69, 9.17) is 4.74 Å². The third-order valence-corrected chi connectivity index (χ3v) is 4.37. The molecule has 0 aliphatic heterocycles. The fraction of sp³-hybridized carbons (Fsp3) is 0.238. The lowest BCUT2D eigenvalue weighted by atomic mass is 10.1. The summed E-state index contributed by atoms with van der Waals surface area (Å²) in [5.74, 6) is 0.269. The van der Waals surface area contributed by atoms with Crippen LogP contribution in [0.1, 0.15) is 42.9 Å². The number of carbonyl (C=O) groups excluding carboxylic acids is 1. The fourth-order valence-electron chi connectivity index (χ4n) is 2.81. The first-order chi connectivity index (χ1) is 13.4. The Balaban J connectivity index is 1.94. The molecule has 0 radical (unpaired) electrons. The van der Waals surface area contributed by atoms with E-state index in [0.717, 1.165) is 11.3 Å². The summed E-state index contributed by atoms with van der Waals surface area (Å²) in [5, 5.41) is 9.41. The fourth-order valence-corrected chi connectivity index (χ4v) is 2.81. The molecule has 0 saturated heterocycles. The minimum atomic E-state index is -0.474. The number of methoxy groups -OCH3 is 1. The number of nitrogens with one attached hydrogen (secondary N) is 1. The van der Waals surface area contributed by atoms with Crippen molar-refractivity contribution in [1.82, 2.24) is 15.2 Å². The predicted molar refractivity (Wildman–Crippen MR) is 109 cm³/mol. The lowest BCUT2D eigenvalue weighted by Gasteiger charge is -2.12. The van der Waals surface area contributed by atoms with Crippen LogP contribution in [0.3, 0.4) is 0 Å². The summed E-state index contributed by atoms with van der Waals surface area (Å²) in [5.41, 5.74) is 3.97. The van der Waals surface area contributed by atoms with Gasteiger partial charge in [0.1, 0.15) is 5.75 Å². The van der Waals surface area contributed by atoms with Crippen LogP contribution in [0, 0.1) is 0 Å². The van der Waals surface area contributed by atoms with Crippen LogP contribution in [0.2, 0.25) is 0 Å². The summed E-state index contributed by atoms with van der Waals surface area (Å²) in [6.45, 7) is 5.48. The largest absolute Gasteiger partial charge is 0.497 e. The number of rotatable bonds is 5. The molecular formula is C21H22N4O3. The first kappa shape index (κ1) is 19.3. The van der Waals surface area contributed by atoms with Gasteiger partial charge in [0.05, 0.1) is 24.2 Å². The monoisotopic (exact) mass is 378 g/mol. The van der Waals surface area contributed by atoms with E-state index in [-0.39, 0.29) is 17.3 Å². The predicted octanol–water partition coefficient (Wildman–Crippen LogP) is 3.14. The number of carbonyl (C=O) groups is 1. The topological polar surface area (TPSA) is 85.6 Å². The maximum atomic E-state index is 12.8. The van der Waals surface area contributed by atoms with E-state index in [1.807, 2.05) is 38.1 Å². The van der Waals surface area contributed by atoms with Crippen molar-refractivity contribution in [3.8, 4) is 5.75 Å². The molecule has 7 nitrogen and oxygen atoms in total. The Morgan fingerprint density at radius 1 is 1.11 bits per heavy atom. The highest BCUT2D eigenvalue weighted by molar-refractivity contribution is 6.06. The molecule has 0 atom stereocenters. The standard InChI is InChI=1S/C21H22N4O3/c1-13(2)25-21(27)18-8-6-5-7-17(18)19(24-25)20(26)23-22-14(3)15-9-11-16(28-4)12-10-15/h5-13H,1-4H3,(H,23,26)/b22-14-. The van der Waals surface area contributed by atoms with Gasteiger partial charge in [-0.2, -0.15) is 10.2 Å². The summed E-state index contributed by atoms with van der Waals surface area (Å²) in [6, 6.07) is 14.1. The maximum Gasteiger partial charge on any atom is 0.292 e. The highest BCUT2D eigenvalue weighted by Crippen LogP contribution is 2.15. The van der Waals surface area contributed by atoms with Gasteiger partial charge in [0.25, 0.3) is 11.5 Å². The third-order valence-electron chi connectivity index (χ3n) is 4.37. The number of fused-ring (bicyclic) bond motifs is 1. The number of hydrogen-bond donors (Lipinski definition) is 1. The molecule has 2 aromatic carbocycles. The average Bonchev–Trinajstić information content (AvgIpc) is 2.72. The molecule has 0 aliphatic carbocycles. The van der Waals surface area contributed by atoms with Crippen molar-refractivity contribution in [2.75, 3.05) is 7.11 Å². The Labute approximate surface area is 162 Å². The second-order valence-corrected chi connectivity index (χ2v) is 6.60. The van der Waals surface area contributed by atoms with Crippen molar-refractivity contribution in [1.29, 1.82) is 0 Å². The zero-order chi connectivity index (χ0) is 20.3. The number of aromatic nitrogens is 2. The SMILES string of the molecule is COc1ccc(/C(C)=N\NC(=O)c2nn(C(C)C)c(=O)c3ccccc23)cc1. The molecule has 1 N–H and O–H groups in total. The van der Waals surface area contributed by atoms with E-state index >= 15 is 0 Å². The summed E-state index contributed by atoms with van der Waals surface area (Å²) in [4.78, 5) is 25.3. The van der Waals surface area contributed by atoms with Crippen LogP contribution in [0.15, 0.2) is 58.4 Å². The van der Waals surface area contributed by atoms with Gasteiger partial charge in [-0.05, 0) is 56.7 Å². The van der Waals surface area contributed by atoms with Crippen LogP contribution in [0.5, 0.6) is 5.75 Å². The molecule has 0 aliphatic rings. The summed E-state index contributed by atoms with van der Waals surface area (Å²) >= 11 is 0. The quantitative estimate of drug-likeness (QED) is 0.546. The van der Waals surface area contributed by atoms with Crippen LogP contribution in [0.25, 0.3) is 10.8 Å². The summed E-state index contributed by atoms with van der Waals surface area (Å²) < 4.78 is 6.46. The molecule has 1 amide bonds. The van der Waals surface area contributed by atoms with Crippen LogP contribution in [-0.2, 0) is 0 Å². The zero-order valence-electron chi connectivity index (χ0n) is 16.3. The van der Waals surface area contributed by atoms with Crippen molar-refractivity contribution < 1.29 is 9.53 Å². The number of benzene rings is 2. The third kappa shape index (κ3) is 3.78. The lowest BCUT2D eigenvalue weighted by molar-refractivity contribution is 0.0949. The van der Waals surface area contributed by atoms with Gasteiger partial charge in [-0.3, -0.25) is 9.59 Å². The van der Waals surface area contributed by atoms with Crippen molar-refractivity contribution in [3.63, 3.8) is 0 Å². The number of hydrazone groups is 1. The van der Waals surface area contributed by atoms with E-state index < -0.39 is 5.91 Å². The van der Waals surface area contributed by atoms with Crippen LogP contribution < -0.4 is 15.7 Å². The minimum absolute atomic E-state index is 0.162. The highest BCUT2D eigenvalue weighted by atomic mass is 16.5. The first-order valence-electron chi connectivity index (χ1n) is 8.93. The number of nitrogens with zero attached hydrogens (tertiary/aromatic N) is 3. The van der Waals surface area contributed by atoms with E-state index in [1.165, 1.54) is 4.68 Å². The molecule has 0 spiro atoms. The molecule has 0 bridgehead atoms. The molecule has 0 fully saturated rings. The zero-order valence-corrected chi connectivity index (χ0v) is 16.3. The Bertz CT molecular complexity index is 1100. The molecule has 1 heterocycles. The number of hydrogen-bond acceptors (Lipinski definition) is 5. The Kier molecular flexibility index (Phi) is 5.54. The van der Waals surface area contributed by atoms with Crippen molar-refractivity contribution in [3.05, 3.63) is 70.1 Å². The van der Waals surface area contributed by atoms with Gasteiger partial charge >= 0.3 is 0 Å². The van der Waals surface area contributed by atoms with Gasteiger partial charge in [-0.25, -0.2) is 10.1 Å². The van der Waals surface area contributed by atoms with Gasteiger partial charge in [-0.1, -0.05) is 18.2 Å². The van der Waals surface area contributed by atoms with Crippen LogP contribution in [0.4, 0.5) is 0 Å². The summed E-state index contributed by atoms with van der Waals surface area (Å²) in [6.07, 6.45) is 0. The van der Waals surface area contributed by atoms with E-state index in [1.54, 1.807) is 38.3 Å². The molecule has 0 saturated carbocycles. The minimum Gasteiger partial charge on any atom is -0.497 e. The Morgan fingerprint density at radius 2 is 1.75 bits per heavy atom. The second-order valence-electron chi connectivity index (χ2n) is 6.60. The normalized spacial score (nSPS) is 11.7. The van der Waals surface area contributed by atoms with Gasteiger partial charge < -0.3 is 4.74 Å². The first-order valence-corrected chi connectivity index (χ1v) is 8.93. The summed E-state index contributed by atoms with van der Waals surface area (Å²) in [7, 11) is 1.60. The molecule has 28 heavy (non-hydrogen) atoms. The smallest absolute Gasteiger partial charge is 0.292 e. The Hall–Kier alpha value is -3.48. The van der Waals surface area contributed by atoms with Crippen molar-refractivity contribution in [2.24, 2.45) is 5.10 Å². The van der Waals surface area contributed by atoms with E-state index in [9.17, 15) is 9.59 Å². The highest BCUT2D eigenvalue weighted by Gasteiger charge is 2.17. The second kappa shape index (κ2) is 8.04. The van der Waals surface area contributed by atoms with Crippen LogP contribution >= 0.6 is 0 Å². The molecule has 144 valence electrons. The van der Waals surface area contributed by atoms with Crippen LogP contribution in [-0.4, -0.2) is 28.5 Å².